The van der Waals surface area contributed by atoms with Gasteiger partial charge in [0.1, 0.15) is 18.0 Å². The summed E-state index contributed by atoms with van der Waals surface area (Å²) in [4.78, 5) is 0. The van der Waals surface area contributed by atoms with Gasteiger partial charge in [0.2, 0.25) is 0 Å². The Bertz CT molecular complexity index is 2080. The molecule has 0 unspecified atom stereocenters. The van der Waals surface area contributed by atoms with Crippen molar-refractivity contribution in [3.63, 3.8) is 0 Å². The maximum atomic E-state index is 7.50. The Kier molecular flexibility index (Phi) is 21.2. The Morgan fingerprint density at radius 2 is 0.712 bits per heavy atom. The minimum atomic E-state index is -1.22. The number of rotatable bonds is 8. The van der Waals surface area contributed by atoms with Crippen molar-refractivity contribution >= 4 is 45.6 Å². The van der Waals surface area contributed by atoms with E-state index in [2.05, 4.69) is 222 Å². The molecule has 0 aliphatic heterocycles. The quantitative estimate of drug-likeness (QED) is 0.0364. The van der Waals surface area contributed by atoms with Gasteiger partial charge in [-0.3, -0.25) is 0 Å². The zero-order valence-electron chi connectivity index (χ0n) is 34.2. The summed E-state index contributed by atoms with van der Waals surface area (Å²) < 4.78 is 16.8. The van der Waals surface area contributed by atoms with Gasteiger partial charge in [-0.05, 0) is 32.9 Å². The first-order chi connectivity index (χ1) is 28.5. The molecule has 1 aliphatic rings. The molecule has 0 aromatic heterocycles. The van der Waals surface area contributed by atoms with Crippen molar-refractivity contribution in [1.29, 1.82) is 0 Å². The van der Waals surface area contributed by atoms with Gasteiger partial charge < -0.3 is 10.1 Å². The molecule has 297 valence electrons. The molecule has 8 rings (SSSR count). The van der Waals surface area contributed by atoms with Gasteiger partial charge in [0.15, 0.2) is 0 Å². The monoisotopic (exact) mass is 945 g/mol. The Labute approximate surface area is 366 Å². The van der Waals surface area contributed by atoms with E-state index >= 15 is 0 Å². The molecular formula is C53H51BN2O2Re-2. The fourth-order valence-electron chi connectivity index (χ4n) is 7.32. The third kappa shape index (κ3) is 13.9. The van der Waals surface area contributed by atoms with Crippen molar-refractivity contribution in [2.75, 3.05) is 0 Å². The first kappa shape index (κ1) is 47.6. The molecule has 6 heteroatoms. The molecule has 0 atom stereocenters. The van der Waals surface area contributed by atoms with E-state index in [1.54, 1.807) is 0 Å². The Balaban J connectivity index is 0.000000258. The molecule has 0 spiro atoms. The second-order valence-electron chi connectivity index (χ2n) is 14.3. The topological polar surface area (TPSA) is 56.9 Å². The maximum absolute atomic E-state index is 7.50. The van der Waals surface area contributed by atoms with Gasteiger partial charge in [-0.1, -0.05) is 218 Å². The number of hydrogen-bond donors (Lipinski definition) is 0. The Morgan fingerprint density at radius 1 is 0.424 bits per heavy atom. The van der Waals surface area contributed by atoms with Gasteiger partial charge in [0.25, 0.3) is 0 Å². The molecule has 1 saturated carbocycles. The van der Waals surface area contributed by atoms with Crippen LogP contribution in [-0.2, 0) is 29.7 Å². The molecule has 7 aromatic rings. The van der Waals surface area contributed by atoms with Crippen LogP contribution in [0.2, 0.25) is 0 Å². The predicted octanol–water partition coefficient (Wildman–Crippen LogP) is 10.8. The molecule has 1 fully saturated rings. The normalized spacial score (nSPS) is 11.5. The number of benzene rings is 7. The average Bonchev–Trinajstić information content (AvgIpc) is 3.90. The van der Waals surface area contributed by atoms with Crippen LogP contribution < -0.4 is 21.9 Å². The third-order valence-corrected chi connectivity index (χ3v) is 10.3. The van der Waals surface area contributed by atoms with Crippen LogP contribution in [0.1, 0.15) is 54.4 Å². The van der Waals surface area contributed by atoms with Crippen molar-refractivity contribution in [2.24, 2.45) is 0 Å². The van der Waals surface area contributed by atoms with Gasteiger partial charge in [-0.2, -0.15) is 21.9 Å². The molecule has 59 heavy (non-hydrogen) atoms. The molecule has 0 amide bonds. The van der Waals surface area contributed by atoms with Crippen LogP contribution in [0, 0.1) is 34.1 Å². The van der Waals surface area contributed by atoms with E-state index in [4.69, 9.17) is 14.7 Å². The van der Waals surface area contributed by atoms with Crippen molar-refractivity contribution in [1.82, 2.24) is 0 Å². The van der Waals surface area contributed by atoms with Crippen molar-refractivity contribution in [3.05, 3.63) is 235 Å². The van der Waals surface area contributed by atoms with Gasteiger partial charge in [0, 0.05) is 20.4 Å². The Hall–Kier alpha value is -5.78. The second-order valence-corrected chi connectivity index (χ2v) is 14.3. The second kappa shape index (κ2) is 26.3. The zero-order chi connectivity index (χ0) is 41.4. The summed E-state index contributed by atoms with van der Waals surface area (Å²) in [6.45, 7) is 15.2. The zero-order valence-corrected chi connectivity index (χ0v) is 36.9. The van der Waals surface area contributed by atoms with Crippen molar-refractivity contribution in [2.45, 2.75) is 52.9 Å². The molecule has 0 N–H and O–H groups in total. The summed E-state index contributed by atoms with van der Waals surface area (Å²) in [5.41, 5.74) is 16.7. The summed E-state index contributed by atoms with van der Waals surface area (Å²) in [7, 11) is 0. The van der Waals surface area contributed by atoms with Gasteiger partial charge >= 0.3 is 22.6 Å². The third-order valence-electron chi connectivity index (χ3n) is 10.3. The minimum absolute atomic E-state index is 0. The number of nitrogens with zero attached hydrogens (tertiary/aromatic N) is 2. The fraction of sp³-hybridized carbons (Fsp3) is 0.151. The van der Waals surface area contributed by atoms with Crippen molar-refractivity contribution < 1.29 is 34.4 Å². The standard InChI is InChI=1S/C24H20B.C22H21N2.C5H10.2CO.Re/c1-5-13-21(14-6-1)25(22-15-7-2-8-16-22,23-17-9-3-10-18-23)24-19-11-4-12-20-24;1-17-4-10-20(11-5-17)16-24(22-14-8-19(3)9-15-22)23-21-12-6-18(2)7-13-21;1-2-4-5-3-1;2*1-2;/h1-20H;4-15H,1-3H3;1-5H2;;;/q2*-1;;;;. The summed E-state index contributed by atoms with van der Waals surface area (Å²) in [5.74, 6) is 0. The molecule has 4 nitrogen and oxygen atoms in total. The van der Waals surface area contributed by atoms with E-state index in [0.717, 1.165) is 16.9 Å². The van der Waals surface area contributed by atoms with E-state index in [9.17, 15) is 0 Å². The largest absolute Gasteiger partial charge is 0.195 e. The fourth-order valence-corrected chi connectivity index (χ4v) is 7.32. The molecule has 0 heterocycles. The van der Waals surface area contributed by atoms with Gasteiger partial charge in [-0.15, -0.1) is 24.3 Å². The summed E-state index contributed by atoms with van der Waals surface area (Å²) in [6, 6.07) is 68.3. The summed E-state index contributed by atoms with van der Waals surface area (Å²) >= 11 is 0. The maximum Gasteiger partial charge on any atom is 0.108 e. The van der Waals surface area contributed by atoms with Crippen LogP contribution in [0.3, 0.4) is 0 Å². The molecule has 0 bridgehead atoms. The Morgan fingerprint density at radius 3 is 1.03 bits per heavy atom. The molecule has 0 saturated heterocycles. The molecular weight excluding hydrogens is 894 g/mol. The van der Waals surface area contributed by atoms with E-state index < -0.39 is 6.15 Å². The number of hydrogen-bond acceptors (Lipinski definition) is 0. The van der Waals surface area contributed by atoms with Gasteiger partial charge in [-0.25, -0.2) is 0 Å². The summed E-state index contributed by atoms with van der Waals surface area (Å²) in [6.07, 6.45) is 9.66. The molecule has 1 aliphatic carbocycles. The van der Waals surface area contributed by atoms with E-state index in [-0.39, 0.29) is 20.4 Å². The van der Waals surface area contributed by atoms with E-state index in [0.29, 0.717) is 0 Å². The summed E-state index contributed by atoms with van der Waals surface area (Å²) in [5, 5.41) is 0. The van der Waals surface area contributed by atoms with Crippen LogP contribution in [0.15, 0.2) is 194 Å². The molecule has 7 aromatic carbocycles. The van der Waals surface area contributed by atoms with Crippen LogP contribution in [0.25, 0.3) is 5.43 Å². The van der Waals surface area contributed by atoms with Crippen LogP contribution in [0.4, 0.5) is 11.4 Å². The van der Waals surface area contributed by atoms with Crippen LogP contribution >= 0.6 is 0 Å². The van der Waals surface area contributed by atoms with Crippen LogP contribution in [0.5, 0.6) is 0 Å². The smallest absolute Gasteiger partial charge is 0.108 e. The predicted molar refractivity (Wildman–Crippen MR) is 242 cm³/mol. The molecule has 1 radical (unpaired) electrons. The SMILES string of the molecule is C1CCCC1.Cc1ccc([C-]=[N+]([N-]c2ccc(C)cc2)c2ccc(C)cc2)cc1.[C-]#[O+].[C-]#[O+].[Re].c1ccc([B-](c2ccccc2)(c2ccccc2)c2ccccc2)cc1. The minimum Gasteiger partial charge on any atom is -0.195 e. The first-order valence-electron chi connectivity index (χ1n) is 19.8. The van der Waals surface area contributed by atoms with E-state index in [1.165, 1.54) is 70.6 Å². The van der Waals surface area contributed by atoms with Crippen molar-refractivity contribution in [3.8, 4) is 0 Å². The van der Waals surface area contributed by atoms with E-state index in [1.807, 2.05) is 16.8 Å². The van der Waals surface area contributed by atoms with Crippen LogP contribution in [-0.4, -0.2) is 17.0 Å². The first-order valence-corrected chi connectivity index (χ1v) is 19.8. The average molecular weight is 945 g/mol. The van der Waals surface area contributed by atoms with Gasteiger partial charge in [0.05, 0.1) is 0 Å². The number of aryl methyl sites for hydroxylation is 3.